The summed E-state index contributed by atoms with van der Waals surface area (Å²) < 4.78 is 7.19. The summed E-state index contributed by atoms with van der Waals surface area (Å²) in [4.78, 5) is 28.1. The lowest BCUT2D eigenvalue weighted by Crippen LogP contribution is -2.12. The molecular formula is C14H13N5O3S. The van der Waals surface area contributed by atoms with E-state index in [2.05, 4.69) is 20.6 Å². The van der Waals surface area contributed by atoms with Crippen molar-refractivity contribution in [2.75, 3.05) is 11.9 Å². The molecule has 2 heterocycles. The molecule has 8 nitrogen and oxygen atoms in total. The molecule has 0 bridgehead atoms. The van der Waals surface area contributed by atoms with Gasteiger partial charge >= 0.3 is 5.97 Å². The minimum Gasteiger partial charge on any atom is -0.462 e. The van der Waals surface area contributed by atoms with Crippen LogP contribution in [0.3, 0.4) is 0 Å². The minimum absolute atomic E-state index is 0.207. The number of carbonyl (C=O) groups excluding carboxylic acids is 2. The number of hydrogen-bond acceptors (Lipinski definition) is 7. The Bertz CT molecular complexity index is 886. The lowest BCUT2D eigenvalue weighted by molar-refractivity contribution is 0.0526. The number of anilines is 1. The number of thiazole rings is 1. The molecule has 3 rings (SSSR count). The van der Waals surface area contributed by atoms with Crippen LogP contribution in [-0.4, -0.2) is 38.5 Å². The van der Waals surface area contributed by atoms with Crippen LogP contribution in [-0.2, 0) is 11.8 Å². The van der Waals surface area contributed by atoms with Gasteiger partial charge in [-0.1, -0.05) is 16.6 Å². The fourth-order valence-corrected chi connectivity index (χ4v) is 2.83. The van der Waals surface area contributed by atoms with Gasteiger partial charge in [0.05, 0.1) is 28.6 Å². The summed E-state index contributed by atoms with van der Waals surface area (Å²) in [5.74, 6) is -0.768. The highest BCUT2D eigenvalue weighted by Gasteiger charge is 2.14. The van der Waals surface area contributed by atoms with Crippen molar-refractivity contribution in [1.29, 1.82) is 0 Å². The van der Waals surface area contributed by atoms with E-state index in [1.165, 1.54) is 22.2 Å². The summed E-state index contributed by atoms with van der Waals surface area (Å²) in [6, 6.07) is 5.06. The fraction of sp³-hybridized carbons (Fsp3) is 0.214. The van der Waals surface area contributed by atoms with Gasteiger partial charge in [-0.2, -0.15) is 0 Å². The molecule has 0 fully saturated rings. The second-order valence-corrected chi connectivity index (χ2v) is 5.68. The molecule has 0 spiro atoms. The molecule has 0 aliphatic heterocycles. The first kappa shape index (κ1) is 15.1. The third-order valence-corrected chi connectivity index (χ3v) is 3.89. The average molecular weight is 331 g/mol. The van der Waals surface area contributed by atoms with Crippen molar-refractivity contribution in [3.05, 3.63) is 35.7 Å². The summed E-state index contributed by atoms with van der Waals surface area (Å²) in [5, 5.41) is 10.5. The van der Waals surface area contributed by atoms with E-state index in [-0.39, 0.29) is 17.6 Å². The van der Waals surface area contributed by atoms with Crippen LogP contribution in [0.2, 0.25) is 0 Å². The van der Waals surface area contributed by atoms with Crippen LogP contribution in [0, 0.1) is 0 Å². The Kier molecular flexibility index (Phi) is 4.02. The van der Waals surface area contributed by atoms with Gasteiger partial charge in [0.1, 0.15) is 0 Å². The van der Waals surface area contributed by atoms with E-state index in [0.717, 1.165) is 4.70 Å². The number of benzene rings is 1. The molecule has 0 unspecified atom stereocenters. The highest BCUT2D eigenvalue weighted by molar-refractivity contribution is 7.22. The second-order valence-electron chi connectivity index (χ2n) is 4.65. The number of fused-ring (bicyclic) bond motifs is 1. The average Bonchev–Trinajstić information content (AvgIpc) is 3.12. The maximum absolute atomic E-state index is 12.0. The number of aryl methyl sites for hydroxylation is 1. The van der Waals surface area contributed by atoms with Gasteiger partial charge < -0.3 is 4.74 Å². The predicted molar refractivity (Wildman–Crippen MR) is 84.5 cm³/mol. The Hall–Kier alpha value is -2.81. The summed E-state index contributed by atoms with van der Waals surface area (Å²) in [7, 11) is 1.68. The van der Waals surface area contributed by atoms with Gasteiger partial charge in [0, 0.05) is 7.05 Å². The van der Waals surface area contributed by atoms with Crippen molar-refractivity contribution in [2.45, 2.75) is 6.92 Å². The van der Waals surface area contributed by atoms with Gasteiger partial charge in [0.25, 0.3) is 5.91 Å². The number of hydrogen-bond donors (Lipinski definition) is 1. The number of aromatic nitrogens is 4. The molecule has 0 radical (unpaired) electrons. The lowest BCUT2D eigenvalue weighted by atomic mass is 10.2. The van der Waals surface area contributed by atoms with E-state index >= 15 is 0 Å². The smallest absolute Gasteiger partial charge is 0.338 e. The molecule has 1 aromatic carbocycles. The van der Waals surface area contributed by atoms with Crippen LogP contribution in [0.15, 0.2) is 24.4 Å². The number of rotatable bonds is 4. The van der Waals surface area contributed by atoms with Gasteiger partial charge in [-0.25, -0.2) is 9.78 Å². The number of esters is 1. The molecule has 0 atom stereocenters. The Morgan fingerprint density at radius 1 is 1.39 bits per heavy atom. The largest absolute Gasteiger partial charge is 0.462 e. The third-order valence-electron chi connectivity index (χ3n) is 2.96. The van der Waals surface area contributed by atoms with E-state index in [1.54, 1.807) is 32.2 Å². The third kappa shape index (κ3) is 3.19. The molecule has 1 amide bonds. The number of amides is 1. The number of nitrogens with one attached hydrogen (secondary N) is 1. The molecule has 23 heavy (non-hydrogen) atoms. The first-order chi connectivity index (χ1) is 11.1. The van der Waals surface area contributed by atoms with Crippen molar-refractivity contribution >= 4 is 38.6 Å². The molecule has 0 saturated carbocycles. The van der Waals surface area contributed by atoms with E-state index in [9.17, 15) is 9.59 Å². The number of carbonyl (C=O) groups is 2. The van der Waals surface area contributed by atoms with Crippen LogP contribution in [0.5, 0.6) is 0 Å². The molecule has 3 aromatic rings. The molecule has 2 aromatic heterocycles. The Balaban J connectivity index is 1.82. The first-order valence-corrected chi connectivity index (χ1v) is 7.64. The van der Waals surface area contributed by atoms with E-state index in [0.29, 0.717) is 22.8 Å². The van der Waals surface area contributed by atoms with Crippen LogP contribution >= 0.6 is 11.3 Å². The Morgan fingerprint density at radius 3 is 2.91 bits per heavy atom. The van der Waals surface area contributed by atoms with Crippen molar-refractivity contribution < 1.29 is 14.3 Å². The maximum atomic E-state index is 12.0. The molecule has 1 N–H and O–H groups in total. The Labute approximate surface area is 135 Å². The SMILES string of the molecule is CCOC(=O)c1ccc2nc(NC(=O)c3cn(C)nn3)sc2c1. The quantitative estimate of drug-likeness (QED) is 0.733. The zero-order chi connectivity index (χ0) is 16.4. The van der Waals surface area contributed by atoms with Crippen LogP contribution < -0.4 is 5.32 Å². The lowest BCUT2D eigenvalue weighted by Gasteiger charge is -2.00. The van der Waals surface area contributed by atoms with Gasteiger partial charge in [0.2, 0.25) is 0 Å². The van der Waals surface area contributed by atoms with E-state index < -0.39 is 0 Å². The van der Waals surface area contributed by atoms with E-state index in [4.69, 9.17) is 4.74 Å². The minimum atomic E-state index is -0.386. The topological polar surface area (TPSA) is 99.0 Å². The summed E-state index contributed by atoms with van der Waals surface area (Å²) >= 11 is 1.27. The van der Waals surface area contributed by atoms with Gasteiger partial charge in [0.15, 0.2) is 10.8 Å². The van der Waals surface area contributed by atoms with E-state index in [1.807, 2.05) is 0 Å². The standard InChI is InChI=1S/C14H13N5O3S/c1-3-22-13(21)8-4-5-9-11(6-8)23-14(15-9)16-12(20)10-7-19(2)18-17-10/h4-7H,3H2,1-2H3,(H,15,16,20). The molecular weight excluding hydrogens is 318 g/mol. The van der Waals surface area contributed by atoms with Gasteiger partial charge in [-0.15, -0.1) is 5.10 Å². The molecule has 0 saturated heterocycles. The summed E-state index contributed by atoms with van der Waals surface area (Å²) in [5.41, 5.74) is 1.35. The molecule has 118 valence electrons. The van der Waals surface area contributed by atoms with Crippen molar-refractivity contribution in [2.24, 2.45) is 7.05 Å². The molecule has 0 aliphatic carbocycles. The predicted octanol–water partition coefficient (Wildman–Crippen LogP) is 1.85. The zero-order valence-corrected chi connectivity index (χ0v) is 13.3. The van der Waals surface area contributed by atoms with Crippen LogP contribution in [0.1, 0.15) is 27.8 Å². The first-order valence-electron chi connectivity index (χ1n) is 6.82. The normalized spacial score (nSPS) is 10.7. The monoisotopic (exact) mass is 331 g/mol. The van der Waals surface area contributed by atoms with Gasteiger partial charge in [-0.3, -0.25) is 14.8 Å². The molecule has 0 aliphatic rings. The fourth-order valence-electron chi connectivity index (χ4n) is 1.93. The number of ether oxygens (including phenoxy) is 1. The number of nitrogens with zero attached hydrogens (tertiary/aromatic N) is 4. The van der Waals surface area contributed by atoms with Crippen molar-refractivity contribution in [1.82, 2.24) is 20.0 Å². The van der Waals surface area contributed by atoms with Crippen molar-refractivity contribution in [3.63, 3.8) is 0 Å². The summed E-state index contributed by atoms with van der Waals surface area (Å²) in [6.45, 7) is 2.07. The maximum Gasteiger partial charge on any atom is 0.338 e. The van der Waals surface area contributed by atoms with Crippen LogP contribution in [0.4, 0.5) is 5.13 Å². The van der Waals surface area contributed by atoms with Crippen LogP contribution in [0.25, 0.3) is 10.2 Å². The summed E-state index contributed by atoms with van der Waals surface area (Å²) in [6.07, 6.45) is 1.52. The second kappa shape index (κ2) is 6.13. The highest BCUT2D eigenvalue weighted by atomic mass is 32.1. The van der Waals surface area contributed by atoms with Crippen molar-refractivity contribution in [3.8, 4) is 0 Å². The van der Waals surface area contributed by atoms with Gasteiger partial charge in [-0.05, 0) is 25.1 Å². The zero-order valence-electron chi connectivity index (χ0n) is 12.4. The Morgan fingerprint density at radius 2 is 2.22 bits per heavy atom. The molecule has 9 heteroatoms. The highest BCUT2D eigenvalue weighted by Crippen LogP contribution is 2.27.